The summed E-state index contributed by atoms with van der Waals surface area (Å²) >= 11 is 0. The second kappa shape index (κ2) is 7.31. The molecule has 2 aromatic carbocycles. The Hall–Kier alpha value is -3.02. The van der Waals surface area contributed by atoms with Crippen LogP contribution in [0.4, 0.5) is 4.39 Å². The second-order valence-corrected chi connectivity index (χ2v) is 6.85. The van der Waals surface area contributed by atoms with Crippen LogP contribution in [-0.2, 0) is 9.53 Å². The van der Waals surface area contributed by atoms with Gasteiger partial charge in [-0.3, -0.25) is 14.5 Å². The third kappa shape index (κ3) is 3.47. The van der Waals surface area contributed by atoms with Gasteiger partial charge in [0.25, 0.3) is 11.8 Å². The van der Waals surface area contributed by atoms with E-state index in [0.29, 0.717) is 5.56 Å². The highest BCUT2D eigenvalue weighted by molar-refractivity contribution is 6.22. The van der Waals surface area contributed by atoms with Crippen molar-refractivity contribution < 1.29 is 23.5 Å². The van der Waals surface area contributed by atoms with E-state index in [9.17, 15) is 18.8 Å². The lowest BCUT2D eigenvalue weighted by Gasteiger charge is -2.28. The van der Waals surface area contributed by atoms with Gasteiger partial charge in [0, 0.05) is 0 Å². The molecule has 0 fully saturated rings. The quantitative estimate of drug-likeness (QED) is 0.595. The number of hydrogen-bond donors (Lipinski definition) is 0. The van der Waals surface area contributed by atoms with Crippen molar-refractivity contribution in [3.63, 3.8) is 0 Å². The topological polar surface area (TPSA) is 63.7 Å². The van der Waals surface area contributed by atoms with Gasteiger partial charge in [0.1, 0.15) is 18.0 Å². The number of carbonyl (C=O) groups is 3. The summed E-state index contributed by atoms with van der Waals surface area (Å²) in [6.07, 6.45) is -0.644. The normalized spacial score (nSPS) is 15.7. The fourth-order valence-electron chi connectivity index (χ4n) is 3.18. The molecule has 0 N–H and O–H groups in total. The molecule has 0 bridgehead atoms. The third-order valence-corrected chi connectivity index (χ3v) is 4.61. The molecule has 6 heteroatoms. The van der Waals surface area contributed by atoms with E-state index >= 15 is 0 Å². The average Bonchev–Trinajstić information content (AvgIpc) is 2.88. The van der Waals surface area contributed by atoms with Crippen molar-refractivity contribution in [1.29, 1.82) is 0 Å². The van der Waals surface area contributed by atoms with Crippen molar-refractivity contribution in [1.82, 2.24) is 4.90 Å². The molecular formula is C21H20FNO4. The van der Waals surface area contributed by atoms with Crippen molar-refractivity contribution in [2.24, 2.45) is 5.92 Å². The van der Waals surface area contributed by atoms with E-state index in [1.165, 1.54) is 24.3 Å². The van der Waals surface area contributed by atoms with Gasteiger partial charge in [0.15, 0.2) is 0 Å². The molecule has 1 aliphatic rings. The number of fused-ring (bicyclic) bond motifs is 1. The molecule has 1 aliphatic heterocycles. The first-order valence-corrected chi connectivity index (χ1v) is 8.74. The Labute approximate surface area is 156 Å². The van der Waals surface area contributed by atoms with Gasteiger partial charge in [0.05, 0.1) is 11.1 Å². The molecule has 1 heterocycles. The molecule has 0 spiro atoms. The fraction of sp³-hybridized carbons (Fsp3) is 0.286. The molecule has 0 saturated heterocycles. The molecule has 0 aliphatic carbocycles. The molecule has 0 unspecified atom stereocenters. The van der Waals surface area contributed by atoms with Crippen LogP contribution in [0.1, 0.15) is 53.2 Å². The molecule has 0 radical (unpaired) electrons. The highest BCUT2D eigenvalue weighted by atomic mass is 19.1. The van der Waals surface area contributed by atoms with Gasteiger partial charge in [-0.2, -0.15) is 0 Å². The van der Waals surface area contributed by atoms with Gasteiger partial charge in [-0.15, -0.1) is 0 Å². The highest BCUT2D eigenvalue weighted by Gasteiger charge is 2.44. The van der Waals surface area contributed by atoms with Crippen molar-refractivity contribution in [3.05, 3.63) is 71.0 Å². The molecule has 0 saturated carbocycles. The Morgan fingerprint density at radius 2 is 1.44 bits per heavy atom. The van der Waals surface area contributed by atoms with Crippen LogP contribution in [0.5, 0.6) is 0 Å². The van der Waals surface area contributed by atoms with Crippen LogP contribution < -0.4 is 0 Å². The Morgan fingerprint density at radius 1 is 0.926 bits per heavy atom. The minimum Gasteiger partial charge on any atom is -0.456 e. The van der Waals surface area contributed by atoms with Crippen LogP contribution in [0.3, 0.4) is 0 Å². The van der Waals surface area contributed by atoms with Gasteiger partial charge in [-0.1, -0.05) is 38.1 Å². The number of rotatable bonds is 5. The molecule has 140 valence electrons. The standard InChI is InChI=1S/C21H20FNO4/c1-12(2)18(21(26)27-13(3)14-8-10-15(22)11-9-14)23-19(24)16-6-4-5-7-17(16)20(23)25/h4-13,18H,1-3H3/t13-,18-/m1/s1. The van der Waals surface area contributed by atoms with Crippen molar-refractivity contribution >= 4 is 17.8 Å². The van der Waals surface area contributed by atoms with Crippen LogP contribution in [0, 0.1) is 11.7 Å². The number of ether oxygens (including phenoxy) is 1. The zero-order valence-electron chi connectivity index (χ0n) is 15.3. The van der Waals surface area contributed by atoms with Crippen molar-refractivity contribution in [2.45, 2.75) is 32.9 Å². The first-order chi connectivity index (χ1) is 12.8. The summed E-state index contributed by atoms with van der Waals surface area (Å²) < 4.78 is 18.6. The lowest BCUT2D eigenvalue weighted by atomic mass is 10.0. The number of benzene rings is 2. The van der Waals surface area contributed by atoms with E-state index in [1.807, 2.05) is 0 Å². The van der Waals surface area contributed by atoms with Gasteiger partial charge in [0.2, 0.25) is 0 Å². The molecule has 2 atom stereocenters. The summed E-state index contributed by atoms with van der Waals surface area (Å²) in [5, 5.41) is 0. The SMILES string of the molecule is CC(C)[C@H](C(=O)O[C@H](C)c1ccc(F)cc1)N1C(=O)c2ccccc2C1=O. The predicted molar refractivity (Wildman–Crippen MR) is 96.5 cm³/mol. The molecule has 3 rings (SSSR count). The summed E-state index contributed by atoms with van der Waals surface area (Å²) in [6, 6.07) is 11.1. The first-order valence-electron chi connectivity index (χ1n) is 8.74. The zero-order chi connectivity index (χ0) is 19.7. The second-order valence-electron chi connectivity index (χ2n) is 6.85. The van der Waals surface area contributed by atoms with E-state index < -0.39 is 29.9 Å². The molecular weight excluding hydrogens is 349 g/mol. The Balaban J connectivity index is 1.84. The predicted octanol–water partition coefficient (Wildman–Crippen LogP) is 3.75. The summed E-state index contributed by atoms with van der Waals surface area (Å²) in [4.78, 5) is 39.2. The minimum atomic E-state index is -1.04. The Bertz CT molecular complexity index is 856. The lowest BCUT2D eigenvalue weighted by molar-refractivity contribution is -0.155. The minimum absolute atomic E-state index is 0.285. The number of halogens is 1. The van der Waals surface area contributed by atoms with Gasteiger partial charge in [-0.05, 0) is 42.7 Å². The van der Waals surface area contributed by atoms with Crippen LogP contribution >= 0.6 is 0 Å². The molecule has 2 amide bonds. The largest absolute Gasteiger partial charge is 0.456 e. The Morgan fingerprint density at radius 3 is 1.93 bits per heavy atom. The molecule has 2 aromatic rings. The monoisotopic (exact) mass is 369 g/mol. The molecule has 5 nitrogen and oxygen atoms in total. The van der Waals surface area contributed by atoms with Crippen molar-refractivity contribution in [3.8, 4) is 0 Å². The van der Waals surface area contributed by atoms with Crippen LogP contribution in [0.2, 0.25) is 0 Å². The van der Waals surface area contributed by atoms with E-state index in [4.69, 9.17) is 4.74 Å². The zero-order valence-corrected chi connectivity index (χ0v) is 15.3. The van der Waals surface area contributed by atoms with Crippen molar-refractivity contribution in [2.75, 3.05) is 0 Å². The number of amides is 2. The summed E-state index contributed by atoms with van der Waals surface area (Å²) in [7, 11) is 0. The maximum absolute atomic E-state index is 13.1. The maximum Gasteiger partial charge on any atom is 0.330 e. The van der Waals surface area contributed by atoms with Gasteiger partial charge >= 0.3 is 5.97 Å². The molecule has 27 heavy (non-hydrogen) atoms. The first kappa shape index (κ1) is 18.8. The number of esters is 1. The smallest absolute Gasteiger partial charge is 0.330 e. The number of carbonyl (C=O) groups excluding carboxylic acids is 3. The van der Waals surface area contributed by atoms with Gasteiger partial charge in [-0.25, -0.2) is 9.18 Å². The van der Waals surface area contributed by atoms with Crippen LogP contribution in [0.15, 0.2) is 48.5 Å². The third-order valence-electron chi connectivity index (χ3n) is 4.61. The lowest BCUT2D eigenvalue weighted by Crippen LogP contribution is -2.48. The number of hydrogen-bond acceptors (Lipinski definition) is 4. The fourth-order valence-corrected chi connectivity index (χ4v) is 3.18. The summed E-state index contributed by atoms with van der Waals surface area (Å²) in [5.41, 5.74) is 1.19. The molecule has 0 aromatic heterocycles. The summed E-state index contributed by atoms with van der Waals surface area (Å²) in [5.74, 6) is -2.39. The van der Waals surface area contributed by atoms with Crippen LogP contribution in [-0.4, -0.2) is 28.7 Å². The summed E-state index contributed by atoms with van der Waals surface area (Å²) in [6.45, 7) is 5.15. The van der Waals surface area contributed by atoms with E-state index in [1.54, 1.807) is 45.0 Å². The number of nitrogens with zero attached hydrogens (tertiary/aromatic N) is 1. The van der Waals surface area contributed by atoms with E-state index in [-0.39, 0.29) is 22.9 Å². The van der Waals surface area contributed by atoms with Gasteiger partial charge < -0.3 is 4.74 Å². The number of imide groups is 1. The van der Waals surface area contributed by atoms with Crippen LogP contribution in [0.25, 0.3) is 0 Å². The maximum atomic E-state index is 13.1. The Kier molecular flexibility index (Phi) is 5.08. The average molecular weight is 369 g/mol. The highest BCUT2D eigenvalue weighted by Crippen LogP contribution is 2.29. The van der Waals surface area contributed by atoms with E-state index in [2.05, 4.69) is 0 Å². The van der Waals surface area contributed by atoms with E-state index in [0.717, 1.165) is 4.90 Å².